The number of nitrogens with one attached hydrogen (secondary N) is 2. The second-order valence-corrected chi connectivity index (χ2v) is 5.85. The number of carbonyl (C=O) groups is 1. The second-order valence-electron chi connectivity index (χ2n) is 5.85. The average molecular weight is 379 g/mol. The van der Waals surface area contributed by atoms with Gasteiger partial charge in [-0.15, -0.1) is 0 Å². The van der Waals surface area contributed by atoms with Crippen LogP contribution in [0.2, 0.25) is 0 Å². The van der Waals surface area contributed by atoms with Gasteiger partial charge in [0.1, 0.15) is 5.69 Å². The molecule has 28 heavy (non-hydrogen) atoms. The normalized spacial score (nSPS) is 10.2. The number of aromatic nitrogens is 3. The van der Waals surface area contributed by atoms with Gasteiger partial charge in [0, 0.05) is 31.7 Å². The Labute approximate surface area is 163 Å². The molecule has 2 heterocycles. The first-order valence-electron chi connectivity index (χ1n) is 8.64. The van der Waals surface area contributed by atoms with Gasteiger partial charge in [0.2, 0.25) is 5.95 Å². The molecule has 144 valence electrons. The molecule has 0 atom stereocenters. The van der Waals surface area contributed by atoms with Gasteiger partial charge >= 0.3 is 0 Å². The van der Waals surface area contributed by atoms with Gasteiger partial charge in [-0.25, -0.2) is 9.97 Å². The average Bonchev–Trinajstić information content (AvgIpc) is 2.76. The third kappa shape index (κ3) is 4.94. The Morgan fingerprint density at radius 3 is 2.61 bits per heavy atom. The highest BCUT2D eigenvalue weighted by Gasteiger charge is 2.10. The zero-order valence-corrected chi connectivity index (χ0v) is 15.7. The van der Waals surface area contributed by atoms with Crippen LogP contribution >= 0.6 is 0 Å². The molecule has 0 fully saturated rings. The SMILES string of the molecule is COc1ccc(CNC(=O)c2ccnc(NCc3cccnc3)n2)cc1OC. The van der Waals surface area contributed by atoms with E-state index in [0.717, 1.165) is 11.1 Å². The maximum atomic E-state index is 12.4. The van der Waals surface area contributed by atoms with Crippen LogP contribution in [0, 0.1) is 0 Å². The summed E-state index contributed by atoms with van der Waals surface area (Å²) in [5.41, 5.74) is 2.16. The third-order valence-corrected chi connectivity index (χ3v) is 3.96. The smallest absolute Gasteiger partial charge is 0.270 e. The molecule has 0 saturated carbocycles. The van der Waals surface area contributed by atoms with E-state index in [0.29, 0.717) is 30.5 Å². The van der Waals surface area contributed by atoms with Gasteiger partial charge in [-0.05, 0) is 35.4 Å². The van der Waals surface area contributed by atoms with Crippen LogP contribution in [0.3, 0.4) is 0 Å². The van der Waals surface area contributed by atoms with Crippen LogP contribution < -0.4 is 20.1 Å². The fourth-order valence-corrected chi connectivity index (χ4v) is 2.52. The number of methoxy groups -OCH3 is 2. The van der Waals surface area contributed by atoms with E-state index in [1.54, 1.807) is 44.9 Å². The lowest BCUT2D eigenvalue weighted by molar-refractivity contribution is 0.0946. The number of amides is 1. The molecule has 0 unspecified atom stereocenters. The number of nitrogens with zero attached hydrogens (tertiary/aromatic N) is 3. The van der Waals surface area contributed by atoms with Gasteiger partial charge < -0.3 is 20.1 Å². The molecule has 8 nitrogen and oxygen atoms in total. The van der Waals surface area contributed by atoms with Crippen molar-refractivity contribution in [2.24, 2.45) is 0 Å². The summed E-state index contributed by atoms with van der Waals surface area (Å²) in [6.07, 6.45) is 5.01. The van der Waals surface area contributed by atoms with Crippen molar-refractivity contribution >= 4 is 11.9 Å². The zero-order valence-electron chi connectivity index (χ0n) is 15.7. The van der Waals surface area contributed by atoms with Crippen LogP contribution in [0.4, 0.5) is 5.95 Å². The Hall–Kier alpha value is -3.68. The summed E-state index contributed by atoms with van der Waals surface area (Å²) in [6.45, 7) is 0.853. The fourth-order valence-electron chi connectivity index (χ4n) is 2.52. The van der Waals surface area contributed by atoms with Crippen molar-refractivity contribution in [2.45, 2.75) is 13.1 Å². The van der Waals surface area contributed by atoms with Crippen molar-refractivity contribution in [2.75, 3.05) is 19.5 Å². The van der Waals surface area contributed by atoms with Gasteiger partial charge in [0.05, 0.1) is 14.2 Å². The molecule has 2 aromatic heterocycles. The summed E-state index contributed by atoms with van der Waals surface area (Å²) in [7, 11) is 3.15. The van der Waals surface area contributed by atoms with Crippen LogP contribution in [-0.2, 0) is 13.1 Å². The Kier molecular flexibility index (Phi) is 6.35. The molecular weight excluding hydrogens is 358 g/mol. The first-order chi connectivity index (χ1) is 13.7. The van der Waals surface area contributed by atoms with E-state index in [9.17, 15) is 4.79 Å². The van der Waals surface area contributed by atoms with Gasteiger partial charge in [0.25, 0.3) is 5.91 Å². The van der Waals surface area contributed by atoms with Crippen molar-refractivity contribution in [1.82, 2.24) is 20.3 Å². The minimum Gasteiger partial charge on any atom is -0.493 e. The van der Waals surface area contributed by atoms with E-state index in [-0.39, 0.29) is 11.6 Å². The Morgan fingerprint density at radius 1 is 1.00 bits per heavy atom. The number of pyridine rings is 1. The fraction of sp³-hybridized carbons (Fsp3) is 0.200. The van der Waals surface area contributed by atoms with Crippen molar-refractivity contribution in [1.29, 1.82) is 0 Å². The molecule has 8 heteroatoms. The molecule has 0 aliphatic rings. The lowest BCUT2D eigenvalue weighted by Crippen LogP contribution is -2.24. The molecule has 1 amide bonds. The van der Waals surface area contributed by atoms with E-state index in [1.165, 1.54) is 0 Å². The van der Waals surface area contributed by atoms with E-state index < -0.39 is 0 Å². The maximum Gasteiger partial charge on any atom is 0.270 e. The van der Waals surface area contributed by atoms with E-state index >= 15 is 0 Å². The molecule has 0 saturated heterocycles. The minimum atomic E-state index is -0.290. The second kappa shape index (κ2) is 9.31. The molecule has 0 spiro atoms. The molecular formula is C20H21N5O3. The summed E-state index contributed by atoms with van der Waals surface area (Å²) in [6, 6.07) is 10.8. The predicted molar refractivity (Wildman–Crippen MR) is 104 cm³/mol. The predicted octanol–water partition coefficient (Wildman–Crippen LogP) is 2.43. The van der Waals surface area contributed by atoms with Crippen LogP contribution in [0.5, 0.6) is 11.5 Å². The molecule has 0 bridgehead atoms. The number of anilines is 1. The van der Waals surface area contributed by atoms with Crippen LogP contribution in [0.1, 0.15) is 21.6 Å². The van der Waals surface area contributed by atoms with Crippen LogP contribution in [0.15, 0.2) is 55.0 Å². The number of hydrogen-bond donors (Lipinski definition) is 2. The van der Waals surface area contributed by atoms with E-state index in [4.69, 9.17) is 9.47 Å². The number of carbonyl (C=O) groups excluding carboxylic acids is 1. The standard InChI is InChI=1S/C20H21N5O3/c1-27-17-6-5-14(10-18(17)28-2)12-23-19(26)16-7-9-22-20(25-16)24-13-15-4-3-8-21-11-15/h3-11H,12-13H2,1-2H3,(H,23,26)(H,22,24,25). The lowest BCUT2D eigenvalue weighted by Gasteiger charge is -2.10. The molecule has 1 aromatic carbocycles. The number of ether oxygens (including phenoxy) is 2. The van der Waals surface area contributed by atoms with E-state index in [1.807, 2.05) is 24.3 Å². The highest BCUT2D eigenvalue weighted by atomic mass is 16.5. The lowest BCUT2D eigenvalue weighted by atomic mass is 10.2. The monoisotopic (exact) mass is 379 g/mol. The molecule has 0 aliphatic heterocycles. The molecule has 2 N–H and O–H groups in total. The van der Waals surface area contributed by atoms with Crippen molar-refractivity contribution in [3.8, 4) is 11.5 Å². The van der Waals surface area contributed by atoms with Gasteiger partial charge in [-0.1, -0.05) is 12.1 Å². The highest BCUT2D eigenvalue weighted by molar-refractivity contribution is 5.92. The number of benzene rings is 1. The van der Waals surface area contributed by atoms with Crippen LogP contribution in [-0.4, -0.2) is 35.1 Å². The van der Waals surface area contributed by atoms with Gasteiger partial charge in [-0.2, -0.15) is 0 Å². The van der Waals surface area contributed by atoms with Crippen molar-refractivity contribution < 1.29 is 14.3 Å². The van der Waals surface area contributed by atoms with Gasteiger partial charge in [-0.3, -0.25) is 9.78 Å². The first-order valence-corrected chi connectivity index (χ1v) is 8.64. The summed E-state index contributed by atoms with van der Waals surface area (Å²) < 4.78 is 10.5. The zero-order chi connectivity index (χ0) is 19.8. The summed E-state index contributed by atoms with van der Waals surface area (Å²) in [4.78, 5) is 24.9. The third-order valence-electron chi connectivity index (χ3n) is 3.96. The largest absolute Gasteiger partial charge is 0.493 e. The maximum absolute atomic E-state index is 12.4. The Morgan fingerprint density at radius 2 is 1.86 bits per heavy atom. The quantitative estimate of drug-likeness (QED) is 0.620. The van der Waals surface area contributed by atoms with E-state index in [2.05, 4.69) is 25.6 Å². The van der Waals surface area contributed by atoms with Gasteiger partial charge in [0.15, 0.2) is 11.5 Å². The van der Waals surface area contributed by atoms with Crippen LogP contribution in [0.25, 0.3) is 0 Å². The summed E-state index contributed by atoms with van der Waals surface area (Å²) >= 11 is 0. The molecule has 3 aromatic rings. The summed E-state index contributed by atoms with van der Waals surface area (Å²) in [5.74, 6) is 1.33. The first kappa shape index (κ1) is 19.1. The number of rotatable bonds is 8. The van der Waals surface area contributed by atoms with Crippen molar-refractivity contribution in [3.63, 3.8) is 0 Å². The summed E-state index contributed by atoms with van der Waals surface area (Å²) in [5, 5.41) is 5.93. The topological polar surface area (TPSA) is 98.3 Å². The molecule has 0 radical (unpaired) electrons. The Bertz CT molecular complexity index is 934. The minimum absolute atomic E-state index is 0.282. The molecule has 0 aliphatic carbocycles. The highest BCUT2D eigenvalue weighted by Crippen LogP contribution is 2.27. The van der Waals surface area contributed by atoms with Crippen molar-refractivity contribution in [3.05, 3.63) is 71.8 Å². The number of hydrogen-bond acceptors (Lipinski definition) is 7. The molecule has 3 rings (SSSR count). The Balaban J connectivity index is 1.60.